The summed E-state index contributed by atoms with van der Waals surface area (Å²) in [6.07, 6.45) is 0. The number of anilines is 1. The Hall–Kier alpha value is -1.96. The number of fused-ring (bicyclic) bond motifs is 1. The summed E-state index contributed by atoms with van der Waals surface area (Å²) in [5.74, 6) is 0.450. The highest BCUT2D eigenvalue weighted by Crippen LogP contribution is 2.28. The number of halogens is 2. The largest absolute Gasteiger partial charge is 0.496 e. The molecule has 26 heavy (non-hydrogen) atoms. The molecule has 7 heteroatoms. The van der Waals surface area contributed by atoms with E-state index in [1.54, 1.807) is 19.2 Å². The monoisotopic (exact) mass is 492 g/mol. The molecule has 132 valence electrons. The van der Waals surface area contributed by atoms with Gasteiger partial charge in [-0.1, -0.05) is 40.2 Å². The number of amides is 1. The molecule has 1 amide bonds. The van der Waals surface area contributed by atoms with Crippen LogP contribution in [-0.4, -0.2) is 18.1 Å². The van der Waals surface area contributed by atoms with Gasteiger partial charge in [-0.15, -0.1) is 0 Å². The molecule has 0 aliphatic rings. The van der Waals surface area contributed by atoms with Crippen LogP contribution in [0.15, 0.2) is 63.5 Å². The molecule has 3 aromatic rings. The van der Waals surface area contributed by atoms with Gasteiger partial charge >= 0.3 is 0 Å². The molecule has 0 aliphatic heterocycles. The molecule has 3 rings (SSSR count). The van der Waals surface area contributed by atoms with Crippen LogP contribution in [0.1, 0.15) is 10.4 Å². The second-order valence-corrected chi connectivity index (χ2v) is 7.52. The van der Waals surface area contributed by atoms with E-state index in [0.717, 1.165) is 25.4 Å². The summed E-state index contributed by atoms with van der Waals surface area (Å²) in [5, 5.41) is 7.77. The molecule has 0 atom stereocenters. The third-order valence-electron chi connectivity index (χ3n) is 3.75. The van der Waals surface area contributed by atoms with Gasteiger partial charge in [0.25, 0.3) is 5.91 Å². The second kappa shape index (κ2) is 8.16. The Morgan fingerprint density at radius 3 is 2.46 bits per heavy atom. The number of rotatable bonds is 3. The van der Waals surface area contributed by atoms with E-state index in [1.807, 2.05) is 42.5 Å². The van der Waals surface area contributed by atoms with Crippen molar-refractivity contribution < 1.29 is 9.53 Å². The zero-order valence-corrected chi connectivity index (χ0v) is 17.7. The van der Waals surface area contributed by atoms with Gasteiger partial charge in [0.1, 0.15) is 5.75 Å². The summed E-state index contributed by atoms with van der Waals surface area (Å²) in [6.45, 7) is 0. The predicted octanol–water partition coefficient (Wildman–Crippen LogP) is 5.50. The van der Waals surface area contributed by atoms with Crippen molar-refractivity contribution in [2.24, 2.45) is 0 Å². The molecule has 0 radical (unpaired) electrons. The van der Waals surface area contributed by atoms with Crippen molar-refractivity contribution in [2.45, 2.75) is 0 Å². The summed E-state index contributed by atoms with van der Waals surface area (Å²) in [6, 6.07) is 16.8. The molecule has 0 spiro atoms. The van der Waals surface area contributed by atoms with Crippen LogP contribution in [0.4, 0.5) is 5.69 Å². The molecule has 0 fully saturated rings. The van der Waals surface area contributed by atoms with Crippen molar-refractivity contribution in [3.63, 3.8) is 0 Å². The molecule has 3 aromatic carbocycles. The number of benzene rings is 3. The van der Waals surface area contributed by atoms with Crippen molar-refractivity contribution in [1.82, 2.24) is 5.32 Å². The number of nitrogens with one attached hydrogen (secondary N) is 2. The average molecular weight is 494 g/mol. The Balaban J connectivity index is 1.77. The first kappa shape index (κ1) is 18.8. The number of hydrogen-bond acceptors (Lipinski definition) is 3. The standard InChI is InChI=1S/C19H14Br2N2O2S/c1-25-17-9-8-11(10-16(17)21)22-19(26)23-18(24)14-6-2-5-13-12(14)4-3-7-15(13)20/h2-10H,1H3,(H2,22,23,24,26). The lowest BCUT2D eigenvalue weighted by Crippen LogP contribution is -2.34. The molecule has 2 N–H and O–H groups in total. The number of thiocarbonyl (C=S) groups is 1. The fourth-order valence-corrected chi connectivity index (χ4v) is 3.80. The van der Waals surface area contributed by atoms with Crippen LogP contribution in [0.2, 0.25) is 0 Å². The van der Waals surface area contributed by atoms with E-state index < -0.39 is 0 Å². The highest BCUT2D eigenvalue weighted by atomic mass is 79.9. The minimum Gasteiger partial charge on any atom is -0.496 e. The van der Waals surface area contributed by atoms with Crippen LogP contribution in [0.5, 0.6) is 5.75 Å². The number of ether oxygens (including phenoxy) is 1. The minimum atomic E-state index is -0.265. The molecule has 0 aliphatic carbocycles. The molecule has 0 unspecified atom stereocenters. The maximum Gasteiger partial charge on any atom is 0.258 e. The first-order valence-corrected chi connectivity index (χ1v) is 9.62. The summed E-state index contributed by atoms with van der Waals surface area (Å²) >= 11 is 12.2. The zero-order valence-electron chi connectivity index (χ0n) is 13.7. The lowest BCUT2D eigenvalue weighted by atomic mass is 10.0. The van der Waals surface area contributed by atoms with Crippen LogP contribution in [0, 0.1) is 0 Å². The normalized spacial score (nSPS) is 10.4. The number of methoxy groups -OCH3 is 1. The molecule has 0 saturated carbocycles. The van der Waals surface area contributed by atoms with E-state index in [0.29, 0.717) is 11.3 Å². The first-order valence-electron chi connectivity index (χ1n) is 7.62. The Bertz CT molecular complexity index is 1010. The summed E-state index contributed by atoms with van der Waals surface area (Å²) in [7, 11) is 1.60. The Morgan fingerprint density at radius 1 is 1.00 bits per heavy atom. The van der Waals surface area contributed by atoms with E-state index in [9.17, 15) is 4.79 Å². The lowest BCUT2D eigenvalue weighted by molar-refractivity contribution is 0.0979. The van der Waals surface area contributed by atoms with Gasteiger partial charge in [-0.3, -0.25) is 10.1 Å². The van der Waals surface area contributed by atoms with Crippen molar-refractivity contribution in [3.8, 4) is 5.75 Å². The molecule has 0 heterocycles. The Morgan fingerprint density at radius 2 is 1.73 bits per heavy atom. The summed E-state index contributed by atoms with van der Waals surface area (Å²) < 4.78 is 6.92. The van der Waals surface area contributed by atoms with E-state index in [4.69, 9.17) is 17.0 Å². The maximum atomic E-state index is 12.7. The van der Waals surface area contributed by atoms with Crippen molar-refractivity contribution >= 4 is 71.6 Å². The average Bonchev–Trinajstić information content (AvgIpc) is 2.61. The minimum absolute atomic E-state index is 0.221. The number of hydrogen-bond donors (Lipinski definition) is 2. The van der Waals surface area contributed by atoms with Gasteiger partial charge in [-0.05, 0) is 69.3 Å². The van der Waals surface area contributed by atoms with E-state index in [-0.39, 0.29) is 11.0 Å². The van der Waals surface area contributed by atoms with Crippen LogP contribution in [0.3, 0.4) is 0 Å². The fourth-order valence-electron chi connectivity index (χ4n) is 2.55. The van der Waals surface area contributed by atoms with Gasteiger partial charge < -0.3 is 10.1 Å². The van der Waals surface area contributed by atoms with Crippen LogP contribution in [-0.2, 0) is 0 Å². The molecule has 0 aromatic heterocycles. The first-order chi connectivity index (χ1) is 12.5. The van der Waals surface area contributed by atoms with Crippen molar-refractivity contribution in [3.05, 3.63) is 69.1 Å². The van der Waals surface area contributed by atoms with Gasteiger partial charge in [0.05, 0.1) is 11.6 Å². The SMILES string of the molecule is COc1ccc(NC(=S)NC(=O)c2cccc3c(Br)cccc23)cc1Br. The smallest absolute Gasteiger partial charge is 0.258 e. The van der Waals surface area contributed by atoms with Crippen LogP contribution >= 0.6 is 44.1 Å². The van der Waals surface area contributed by atoms with E-state index in [2.05, 4.69) is 42.5 Å². The van der Waals surface area contributed by atoms with Crippen molar-refractivity contribution in [1.29, 1.82) is 0 Å². The third kappa shape index (κ3) is 4.06. The zero-order chi connectivity index (χ0) is 18.7. The molecular weight excluding hydrogens is 480 g/mol. The lowest BCUT2D eigenvalue weighted by Gasteiger charge is -2.12. The summed E-state index contributed by atoms with van der Waals surface area (Å²) in [4.78, 5) is 12.7. The van der Waals surface area contributed by atoms with Gasteiger partial charge in [0.15, 0.2) is 5.11 Å². The van der Waals surface area contributed by atoms with Gasteiger partial charge in [0.2, 0.25) is 0 Å². The highest BCUT2D eigenvalue weighted by Gasteiger charge is 2.13. The predicted molar refractivity (Wildman–Crippen MR) is 116 cm³/mol. The number of carbonyl (C=O) groups is 1. The molecule has 0 bridgehead atoms. The topological polar surface area (TPSA) is 50.4 Å². The highest BCUT2D eigenvalue weighted by molar-refractivity contribution is 9.11. The van der Waals surface area contributed by atoms with Gasteiger partial charge in [0, 0.05) is 15.7 Å². The van der Waals surface area contributed by atoms with Crippen LogP contribution < -0.4 is 15.4 Å². The van der Waals surface area contributed by atoms with E-state index in [1.165, 1.54) is 0 Å². The Kier molecular flexibility index (Phi) is 5.90. The quantitative estimate of drug-likeness (QED) is 0.473. The third-order valence-corrected chi connectivity index (χ3v) is 5.27. The van der Waals surface area contributed by atoms with Crippen LogP contribution in [0.25, 0.3) is 10.8 Å². The molecule has 4 nitrogen and oxygen atoms in total. The van der Waals surface area contributed by atoms with Gasteiger partial charge in [-0.25, -0.2) is 0 Å². The second-order valence-electron chi connectivity index (χ2n) is 5.40. The molecule has 0 saturated heterocycles. The Labute approximate surface area is 173 Å². The van der Waals surface area contributed by atoms with E-state index >= 15 is 0 Å². The van der Waals surface area contributed by atoms with Gasteiger partial charge in [-0.2, -0.15) is 0 Å². The maximum absolute atomic E-state index is 12.7. The number of carbonyl (C=O) groups excluding carboxylic acids is 1. The fraction of sp³-hybridized carbons (Fsp3) is 0.0526. The molecular formula is C19H14Br2N2O2S. The van der Waals surface area contributed by atoms with Crippen molar-refractivity contribution in [2.75, 3.05) is 12.4 Å². The summed E-state index contributed by atoms with van der Waals surface area (Å²) in [5.41, 5.74) is 1.30.